The van der Waals surface area contributed by atoms with Crippen LogP contribution in [-0.4, -0.2) is 25.0 Å². The molecule has 94 valence electrons. The Bertz CT molecular complexity index is 325. The Kier molecular flexibility index (Phi) is 2.11. The van der Waals surface area contributed by atoms with E-state index in [0.717, 1.165) is 36.7 Å². The van der Waals surface area contributed by atoms with E-state index in [0.29, 0.717) is 5.41 Å². The van der Waals surface area contributed by atoms with Crippen LogP contribution < -0.4 is 11.1 Å². The predicted octanol–water partition coefficient (Wildman–Crippen LogP) is 1.53. The summed E-state index contributed by atoms with van der Waals surface area (Å²) >= 11 is 0. The lowest BCUT2D eigenvalue weighted by Gasteiger charge is -2.58. The minimum Gasteiger partial charge on any atom is -0.371 e. The molecule has 0 aromatic heterocycles. The summed E-state index contributed by atoms with van der Waals surface area (Å²) in [6.45, 7) is 1.92. The molecular formula is C14H23N3. The molecule has 0 saturated heterocycles. The summed E-state index contributed by atoms with van der Waals surface area (Å²) in [6, 6.07) is 0.193. The van der Waals surface area contributed by atoms with E-state index in [1.165, 1.54) is 38.5 Å². The zero-order valence-corrected chi connectivity index (χ0v) is 10.5. The summed E-state index contributed by atoms with van der Waals surface area (Å²) in [5.74, 6) is 4.06. The molecule has 0 aromatic carbocycles. The van der Waals surface area contributed by atoms with Crippen molar-refractivity contribution >= 4 is 5.84 Å². The summed E-state index contributed by atoms with van der Waals surface area (Å²) < 4.78 is 0. The van der Waals surface area contributed by atoms with Crippen LogP contribution in [0.5, 0.6) is 0 Å². The molecule has 0 spiro atoms. The molecular weight excluding hydrogens is 210 g/mol. The number of hydrogen-bond donors (Lipinski definition) is 2. The quantitative estimate of drug-likeness (QED) is 0.760. The summed E-state index contributed by atoms with van der Waals surface area (Å²) in [6.07, 6.45) is 8.60. The van der Waals surface area contributed by atoms with Gasteiger partial charge in [0.15, 0.2) is 0 Å². The van der Waals surface area contributed by atoms with Crippen molar-refractivity contribution in [1.82, 2.24) is 5.32 Å². The van der Waals surface area contributed by atoms with Crippen LogP contribution in [-0.2, 0) is 0 Å². The number of rotatable bonds is 2. The highest BCUT2D eigenvalue weighted by molar-refractivity contribution is 5.89. The van der Waals surface area contributed by atoms with E-state index in [-0.39, 0.29) is 6.04 Å². The van der Waals surface area contributed by atoms with Crippen molar-refractivity contribution < 1.29 is 0 Å². The van der Waals surface area contributed by atoms with Crippen molar-refractivity contribution in [3.63, 3.8) is 0 Å². The van der Waals surface area contributed by atoms with Gasteiger partial charge >= 0.3 is 0 Å². The highest BCUT2D eigenvalue weighted by Gasteiger charge is 2.54. The molecule has 4 fully saturated rings. The van der Waals surface area contributed by atoms with Gasteiger partial charge in [-0.15, -0.1) is 0 Å². The van der Waals surface area contributed by atoms with Crippen LogP contribution in [0.3, 0.4) is 0 Å². The van der Waals surface area contributed by atoms with Gasteiger partial charge in [-0.2, -0.15) is 0 Å². The normalized spacial score (nSPS) is 49.0. The van der Waals surface area contributed by atoms with E-state index in [1.54, 1.807) is 0 Å². The number of nitrogens with one attached hydrogen (secondary N) is 1. The Morgan fingerprint density at radius 1 is 1.12 bits per heavy atom. The first-order valence-electron chi connectivity index (χ1n) is 7.29. The van der Waals surface area contributed by atoms with Gasteiger partial charge in [0.05, 0.1) is 12.6 Å². The number of nitrogens with zero attached hydrogens (tertiary/aromatic N) is 1. The number of hydrogen-bond acceptors (Lipinski definition) is 3. The van der Waals surface area contributed by atoms with Crippen LogP contribution in [0.25, 0.3) is 0 Å². The maximum Gasteiger partial charge on any atom is 0.114 e. The summed E-state index contributed by atoms with van der Waals surface area (Å²) in [7, 11) is 0. The van der Waals surface area contributed by atoms with Crippen molar-refractivity contribution in [2.75, 3.05) is 13.1 Å². The van der Waals surface area contributed by atoms with E-state index < -0.39 is 0 Å². The molecule has 4 saturated carbocycles. The maximum atomic E-state index is 6.58. The molecule has 3 nitrogen and oxygen atoms in total. The molecule has 5 aliphatic rings. The van der Waals surface area contributed by atoms with Gasteiger partial charge in [-0.05, 0) is 61.7 Å². The number of aliphatic imine (C=N–C) groups is 1. The molecule has 0 radical (unpaired) electrons. The summed E-state index contributed by atoms with van der Waals surface area (Å²) in [5, 5.41) is 3.41. The van der Waals surface area contributed by atoms with Crippen molar-refractivity contribution in [1.29, 1.82) is 0 Å². The van der Waals surface area contributed by atoms with Gasteiger partial charge in [0, 0.05) is 6.54 Å². The molecule has 3 heteroatoms. The molecule has 5 rings (SSSR count). The van der Waals surface area contributed by atoms with Crippen molar-refractivity contribution in [2.24, 2.45) is 33.9 Å². The average Bonchev–Trinajstić information content (AvgIpc) is 2.79. The highest BCUT2D eigenvalue weighted by Crippen LogP contribution is 2.61. The van der Waals surface area contributed by atoms with Gasteiger partial charge in [-0.3, -0.25) is 4.99 Å². The largest absolute Gasteiger partial charge is 0.371 e. The Morgan fingerprint density at radius 2 is 1.71 bits per heavy atom. The molecule has 1 unspecified atom stereocenters. The molecule has 3 N–H and O–H groups in total. The van der Waals surface area contributed by atoms with Gasteiger partial charge in [0.2, 0.25) is 0 Å². The molecule has 0 aromatic rings. The second kappa shape index (κ2) is 3.47. The van der Waals surface area contributed by atoms with Gasteiger partial charge in [0.25, 0.3) is 0 Å². The first-order valence-corrected chi connectivity index (χ1v) is 7.29. The Morgan fingerprint density at radius 3 is 2.18 bits per heavy atom. The van der Waals surface area contributed by atoms with Crippen LogP contribution in [0.4, 0.5) is 0 Å². The summed E-state index contributed by atoms with van der Waals surface area (Å²) in [5.41, 5.74) is 6.99. The maximum absolute atomic E-state index is 6.58. The molecule has 17 heavy (non-hydrogen) atoms. The SMILES string of the molecule is NC(C1=NCCN1)C12CC3CC(CC(C3)C1)C2. The van der Waals surface area contributed by atoms with Gasteiger partial charge in [-0.1, -0.05) is 0 Å². The number of amidine groups is 1. The first kappa shape index (κ1) is 10.4. The third-order valence-electron chi connectivity index (χ3n) is 5.74. The molecule has 1 atom stereocenters. The smallest absolute Gasteiger partial charge is 0.114 e. The third kappa shape index (κ3) is 1.48. The minimum absolute atomic E-state index is 0.193. The Balaban J connectivity index is 1.63. The average molecular weight is 233 g/mol. The van der Waals surface area contributed by atoms with Crippen LogP contribution >= 0.6 is 0 Å². The van der Waals surface area contributed by atoms with E-state index >= 15 is 0 Å². The predicted molar refractivity (Wildman–Crippen MR) is 68.9 cm³/mol. The molecule has 1 aliphatic heterocycles. The second-order valence-electron chi connectivity index (χ2n) is 6.95. The fourth-order valence-corrected chi connectivity index (χ4v) is 5.47. The van der Waals surface area contributed by atoms with E-state index in [1.807, 2.05) is 0 Å². The lowest BCUT2D eigenvalue weighted by Crippen LogP contribution is -2.58. The molecule has 1 heterocycles. The fraction of sp³-hybridized carbons (Fsp3) is 0.929. The molecule has 4 bridgehead atoms. The van der Waals surface area contributed by atoms with Gasteiger partial charge in [0.1, 0.15) is 5.84 Å². The van der Waals surface area contributed by atoms with Crippen molar-refractivity contribution in [3.05, 3.63) is 0 Å². The fourth-order valence-electron chi connectivity index (χ4n) is 5.47. The van der Waals surface area contributed by atoms with Crippen molar-refractivity contribution in [2.45, 2.75) is 44.6 Å². The van der Waals surface area contributed by atoms with Crippen LogP contribution in [0, 0.1) is 23.2 Å². The summed E-state index contributed by atoms with van der Waals surface area (Å²) in [4.78, 5) is 4.57. The Labute approximate surface area is 103 Å². The van der Waals surface area contributed by atoms with E-state index in [9.17, 15) is 0 Å². The minimum atomic E-state index is 0.193. The lowest BCUT2D eigenvalue weighted by atomic mass is 9.47. The lowest BCUT2D eigenvalue weighted by molar-refractivity contribution is -0.0563. The highest BCUT2D eigenvalue weighted by atomic mass is 15.1. The second-order valence-corrected chi connectivity index (χ2v) is 6.95. The Hall–Kier alpha value is -0.570. The van der Waals surface area contributed by atoms with Crippen LogP contribution in [0.2, 0.25) is 0 Å². The first-order chi connectivity index (χ1) is 8.25. The van der Waals surface area contributed by atoms with E-state index in [4.69, 9.17) is 5.73 Å². The standard InChI is InChI=1S/C14H23N3/c15-12(13-16-1-2-17-13)14-6-9-3-10(7-14)5-11(4-9)8-14/h9-12H,1-8,15H2,(H,16,17). The topological polar surface area (TPSA) is 50.4 Å². The van der Waals surface area contributed by atoms with Crippen molar-refractivity contribution in [3.8, 4) is 0 Å². The van der Waals surface area contributed by atoms with Gasteiger partial charge < -0.3 is 11.1 Å². The molecule has 4 aliphatic carbocycles. The zero-order chi connectivity index (χ0) is 11.5. The van der Waals surface area contributed by atoms with Crippen LogP contribution in [0.15, 0.2) is 4.99 Å². The van der Waals surface area contributed by atoms with Crippen LogP contribution in [0.1, 0.15) is 38.5 Å². The number of nitrogens with two attached hydrogens (primary N) is 1. The monoisotopic (exact) mass is 233 g/mol. The van der Waals surface area contributed by atoms with E-state index in [2.05, 4.69) is 10.3 Å². The third-order valence-corrected chi connectivity index (χ3v) is 5.74. The molecule has 0 amide bonds. The zero-order valence-electron chi connectivity index (χ0n) is 10.5. The van der Waals surface area contributed by atoms with Gasteiger partial charge in [-0.25, -0.2) is 0 Å².